The quantitative estimate of drug-likeness (QED) is 0.448. The van der Waals surface area contributed by atoms with Crippen molar-refractivity contribution in [2.75, 3.05) is 0 Å². The lowest BCUT2D eigenvalue weighted by atomic mass is 10.00. The molecule has 4 heteroatoms. The number of amides is 2. The highest BCUT2D eigenvalue weighted by molar-refractivity contribution is 5.89. The summed E-state index contributed by atoms with van der Waals surface area (Å²) in [7, 11) is 0. The van der Waals surface area contributed by atoms with Gasteiger partial charge in [0.15, 0.2) is 0 Å². The van der Waals surface area contributed by atoms with Gasteiger partial charge in [0.2, 0.25) is 11.8 Å². The minimum Gasteiger partial charge on any atom is -0.352 e. The van der Waals surface area contributed by atoms with Crippen LogP contribution in [0.1, 0.15) is 53.5 Å². The molecule has 4 rings (SSSR count). The van der Waals surface area contributed by atoms with Crippen LogP contribution in [-0.2, 0) is 29.0 Å². The Morgan fingerprint density at radius 3 is 2.20 bits per heavy atom. The second-order valence-electron chi connectivity index (χ2n) is 9.81. The third-order valence-electron chi connectivity index (χ3n) is 7.05. The first-order chi connectivity index (χ1) is 17.0. The van der Waals surface area contributed by atoms with Crippen LogP contribution in [0, 0.1) is 13.8 Å². The van der Waals surface area contributed by atoms with Crippen molar-refractivity contribution in [2.24, 2.45) is 0 Å². The van der Waals surface area contributed by atoms with E-state index >= 15 is 0 Å². The number of hydrogen-bond acceptors (Lipinski definition) is 2. The van der Waals surface area contributed by atoms with E-state index in [-0.39, 0.29) is 24.3 Å². The predicted molar refractivity (Wildman–Crippen MR) is 141 cm³/mol. The van der Waals surface area contributed by atoms with Crippen molar-refractivity contribution in [2.45, 2.75) is 71.0 Å². The average Bonchev–Trinajstić information content (AvgIpc) is 3.37. The lowest BCUT2D eigenvalue weighted by Crippen LogP contribution is -2.52. The molecule has 1 N–H and O–H groups in total. The number of aryl methyl sites for hydroxylation is 2. The second-order valence-corrected chi connectivity index (χ2v) is 9.81. The first-order valence-electron chi connectivity index (χ1n) is 12.7. The van der Waals surface area contributed by atoms with Gasteiger partial charge in [0.05, 0.1) is 6.42 Å². The fourth-order valence-corrected chi connectivity index (χ4v) is 4.88. The van der Waals surface area contributed by atoms with Crippen molar-refractivity contribution < 1.29 is 9.59 Å². The maximum absolute atomic E-state index is 13.9. The first-order valence-corrected chi connectivity index (χ1v) is 12.7. The van der Waals surface area contributed by atoms with Crippen LogP contribution in [0.25, 0.3) is 0 Å². The Kier molecular flexibility index (Phi) is 8.36. The van der Waals surface area contributed by atoms with Gasteiger partial charge < -0.3 is 10.2 Å². The summed E-state index contributed by atoms with van der Waals surface area (Å²) >= 11 is 0. The van der Waals surface area contributed by atoms with E-state index in [0.717, 1.165) is 47.9 Å². The van der Waals surface area contributed by atoms with Crippen molar-refractivity contribution in [3.05, 3.63) is 107 Å². The maximum Gasteiger partial charge on any atom is 0.243 e. The van der Waals surface area contributed by atoms with Crippen LogP contribution in [-0.4, -0.2) is 28.8 Å². The van der Waals surface area contributed by atoms with E-state index in [0.29, 0.717) is 13.0 Å². The van der Waals surface area contributed by atoms with Gasteiger partial charge in [-0.3, -0.25) is 9.59 Å². The zero-order valence-corrected chi connectivity index (χ0v) is 20.9. The van der Waals surface area contributed by atoms with Crippen LogP contribution < -0.4 is 5.32 Å². The molecule has 0 unspecified atom stereocenters. The zero-order chi connectivity index (χ0) is 24.6. The number of hydrogen-bond donors (Lipinski definition) is 1. The number of benzene rings is 3. The van der Waals surface area contributed by atoms with Gasteiger partial charge in [-0.05, 0) is 48.9 Å². The Bertz CT molecular complexity index is 1120. The van der Waals surface area contributed by atoms with E-state index in [1.807, 2.05) is 61.5 Å². The maximum atomic E-state index is 13.9. The lowest BCUT2D eigenvalue weighted by molar-refractivity contribution is -0.141. The highest BCUT2D eigenvalue weighted by Gasteiger charge is 2.32. The number of nitrogens with one attached hydrogen (secondary N) is 1. The summed E-state index contributed by atoms with van der Waals surface area (Å²) in [5.74, 6) is -0.0756. The number of carbonyl (C=O) groups excluding carboxylic acids is 2. The Morgan fingerprint density at radius 2 is 1.51 bits per heavy atom. The minimum atomic E-state index is -0.573. The van der Waals surface area contributed by atoms with Gasteiger partial charge >= 0.3 is 0 Å². The molecule has 2 amide bonds. The van der Waals surface area contributed by atoms with E-state index in [1.54, 1.807) is 4.90 Å². The van der Waals surface area contributed by atoms with Crippen LogP contribution in [0.15, 0.2) is 78.9 Å². The molecule has 4 nitrogen and oxygen atoms in total. The highest BCUT2D eigenvalue weighted by atomic mass is 16.2. The third kappa shape index (κ3) is 6.82. The molecule has 1 aliphatic rings. The molecule has 1 atom stereocenters. The monoisotopic (exact) mass is 468 g/mol. The van der Waals surface area contributed by atoms with Crippen molar-refractivity contribution in [3.8, 4) is 0 Å². The summed E-state index contributed by atoms with van der Waals surface area (Å²) in [5, 5.41) is 3.27. The van der Waals surface area contributed by atoms with E-state index in [4.69, 9.17) is 0 Å². The summed E-state index contributed by atoms with van der Waals surface area (Å²) in [5.41, 5.74) is 5.34. The molecule has 0 aromatic heterocycles. The van der Waals surface area contributed by atoms with Gasteiger partial charge in [-0.15, -0.1) is 0 Å². The molecular formula is C31H36N2O2. The summed E-state index contributed by atoms with van der Waals surface area (Å²) in [4.78, 5) is 29.4. The van der Waals surface area contributed by atoms with Gasteiger partial charge in [0.1, 0.15) is 6.04 Å². The number of nitrogens with zero attached hydrogens (tertiary/aromatic N) is 1. The second kappa shape index (κ2) is 11.8. The lowest BCUT2D eigenvalue weighted by Gasteiger charge is -2.32. The molecule has 1 saturated carbocycles. The first kappa shape index (κ1) is 24.7. The van der Waals surface area contributed by atoms with Crippen LogP contribution in [0.2, 0.25) is 0 Å². The average molecular weight is 469 g/mol. The van der Waals surface area contributed by atoms with Crippen LogP contribution in [0.3, 0.4) is 0 Å². The van der Waals surface area contributed by atoms with Crippen LogP contribution in [0.4, 0.5) is 0 Å². The molecule has 182 valence electrons. The molecule has 0 spiro atoms. The van der Waals surface area contributed by atoms with Crippen LogP contribution >= 0.6 is 0 Å². The third-order valence-corrected chi connectivity index (χ3v) is 7.05. The van der Waals surface area contributed by atoms with Crippen LogP contribution in [0.5, 0.6) is 0 Å². The Morgan fingerprint density at radius 1 is 0.857 bits per heavy atom. The van der Waals surface area contributed by atoms with E-state index < -0.39 is 6.04 Å². The van der Waals surface area contributed by atoms with Crippen molar-refractivity contribution >= 4 is 11.8 Å². The van der Waals surface area contributed by atoms with Gasteiger partial charge in [-0.2, -0.15) is 0 Å². The largest absolute Gasteiger partial charge is 0.352 e. The van der Waals surface area contributed by atoms with Crippen molar-refractivity contribution in [1.82, 2.24) is 10.2 Å². The van der Waals surface area contributed by atoms with Gasteiger partial charge in [-0.1, -0.05) is 97.3 Å². The summed E-state index contributed by atoms with van der Waals surface area (Å²) in [6.07, 6.45) is 5.09. The molecule has 0 radical (unpaired) electrons. The van der Waals surface area contributed by atoms with Crippen molar-refractivity contribution in [3.63, 3.8) is 0 Å². The summed E-state index contributed by atoms with van der Waals surface area (Å²) < 4.78 is 0. The van der Waals surface area contributed by atoms with E-state index in [9.17, 15) is 9.59 Å². The van der Waals surface area contributed by atoms with E-state index in [1.165, 1.54) is 5.56 Å². The Hall–Kier alpha value is -3.40. The minimum absolute atomic E-state index is 0.0256. The Balaban J connectivity index is 1.66. The number of carbonyl (C=O) groups is 2. The summed E-state index contributed by atoms with van der Waals surface area (Å²) in [6.45, 7) is 4.49. The van der Waals surface area contributed by atoms with Gasteiger partial charge in [0.25, 0.3) is 0 Å². The topological polar surface area (TPSA) is 49.4 Å². The molecule has 1 aliphatic carbocycles. The zero-order valence-electron chi connectivity index (χ0n) is 20.9. The van der Waals surface area contributed by atoms with E-state index in [2.05, 4.69) is 36.5 Å². The van der Waals surface area contributed by atoms with Gasteiger partial charge in [-0.25, -0.2) is 0 Å². The standard InChI is InChI=1S/C31H36N2O2/c1-23-16-18-26(19-17-23)22-33(30(34)21-27-13-7-6-10-24(27)2)29(20-25-11-4-3-5-12-25)31(35)32-28-14-8-9-15-28/h3-7,10-13,16-19,28-29H,8-9,14-15,20-22H2,1-2H3,(H,32,35)/t29-/m1/s1. The molecule has 0 saturated heterocycles. The smallest absolute Gasteiger partial charge is 0.243 e. The fourth-order valence-electron chi connectivity index (χ4n) is 4.88. The number of rotatable bonds is 9. The molecule has 0 heterocycles. The normalized spacial score (nSPS) is 14.5. The molecule has 0 aliphatic heterocycles. The summed E-state index contributed by atoms with van der Waals surface area (Å²) in [6, 6.07) is 25.9. The molecular weight excluding hydrogens is 432 g/mol. The molecule has 1 fully saturated rings. The van der Waals surface area contributed by atoms with Gasteiger partial charge in [0, 0.05) is 19.0 Å². The predicted octanol–water partition coefficient (Wildman–Crippen LogP) is 5.54. The SMILES string of the molecule is Cc1ccc(CN(C(=O)Cc2ccccc2C)[C@H](Cc2ccccc2)C(=O)NC2CCCC2)cc1. The molecule has 0 bridgehead atoms. The fraction of sp³-hybridized carbons (Fsp3) is 0.355. The molecule has 3 aromatic carbocycles. The highest BCUT2D eigenvalue weighted by Crippen LogP contribution is 2.21. The Labute approximate surface area is 209 Å². The molecule has 3 aromatic rings. The molecule has 35 heavy (non-hydrogen) atoms. The van der Waals surface area contributed by atoms with Crippen molar-refractivity contribution in [1.29, 1.82) is 0 Å².